The van der Waals surface area contributed by atoms with Crippen molar-refractivity contribution in [3.63, 3.8) is 0 Å². The van der Waals surface area contributed by atoms with Crippen LogP contribution in [0, 0.1) is 6.92 Å². The molecule has 0 atom stereocenters. The van der Waals surface area contributed by atoms with E-state index in [1.165, 1.54) is 0 Å². The van der Waals surface area contributed by atoms with Crippen molar-refractivity contribution in [3.05, 3.63) is 66.3 Å². The molecule has 0 aliphatic carbocycles. The average molecular weight is 389 g/mol. The molecule has 148 valence electrons. The number of Topliss-reactive ketones (excluding diaryl/α,β-unsaturated/α-hetero) is 1. The first-order valence-corrected chi connectivity index (χ1v) is 9.69. The number of aromatic nitrogens is 3. The van der Waals surface area contributed by atoms with Crippen molar-refractivity contribution < 1.29 is 13.9 Å². The number of aryl methyl sites for hydroxylation is 2. The van der Waals surface area contributed by atoms with E-state index < -0.39 is 0 Å². The van der Waals surface area contributed by atoms with Crippen molar-refractivity contribution >= 4 is 16.8 Å². The van der Waals surface area contributed by atoms with E-state index in [9.17, 15) is 4.79 Å². The van der Waals surface area contributed by atoms with Gasteiger partial charge in [-0.3, -0.25) is 4.79 Å². The van der Waals surface area contributed by atoms with Crippen molar-refractivity contribution in [3.8, 4) is 17.2 Å². The number of carbonyl (C=O) groups excluding carboxylic acids is 1. The second-order valence-electron chi connectivity index (χ2n) is 6.99. The molecule has 1 aromatic carbocycles. The number of pyridine rings is 1. The molecule has 6 nitrogen and oxygen atoms in total. The monoisotopic (exact) mass is 389 g/mol. The van der Waals surface area contributed by atoms with Gasteiger partial charge in [0.15, 0.2) is 0 Å². The standard InChI is InChI=1S/C23H23N3O3/c1-16(27)9-13-26-14-10-19-21(8-12-24-22(19)26)28-15-11-20-17(2)29-23(25-20)18-6-4-3-5-7-18/h3-8,10,12,14H,9,11,13,15H2,1-2H3. The van der Waals surface area contributed by atoms with E-state index in [0.29, 0.717) is 31.9 Å². The molecule has 4 aromatic rings. The maximum atomic E-state index is 11.3. The molecule has 0 fully saturated rings. The Labute approximate surface area is 169 Å². The number of carbonyl (C=O) groups is 1. The number of rotatable bonds is 8. The summed E-state index contributed by atoms with van der Waals surface area (Å²) in [4.78, 5) is 20.3. The topological polar surface area (TPSA) is 70.2 Å². The molecule has 0 radical (unpaired) electrons. The molecule has 0 N–H and O–H groups in total. The first-order chi connectivity index (χ1) is 14.1. The van der Waals surface area contributed by atoms with Crippen LogP contribution in [0.15, 0.2) is 59.3 Å². The molecule has 0 saturated carbocycles. The van der Waals surface area contributed by atoms with E-state index in [-0.39, 0.29) is 5.78 Å². The van der Waals surface area contributed by atoms with Gasteiger partial charge in [0, 0.05) is 37.3 Å². The molecule has 0 aliphatic heterocycles. The highest BCUT2D eigenvalue weighted by molar-refractivity contribution is 5.83. The molecular formula is C23H23N3O3. The van der Waals surface area contributed by atoms with Crippen LogP contribution >= 0.6 is 0 Å². The van der Waals surface area contributed by atoms with Gasteiger partial charge < -0.3 is 13.7 Å². The Balaban J connectivity index is 1.44. The highest BCUT2D eigenvalue weighted by atomic mass is 16.5. The van der Waals surface area contributed by atoms with Crippen molar-refractivity contribution in [2.75, 3.05) is 6.61 Å². The van der Waals surface area contributed by atoms with Gasteiger partial charge in [0.2, 0.25) is 5.89 Å². The Hall–Kier alpha value is -3.41. The summed E-state index contributed by atoms with van der Waals surface area (Å²) in [5.74, 6) is 2.38. The molecule has 0 unspecified atom stereocenters. The van der Waals surface area contributed by atoms with Gasteiger partial charge in [0.05, 0.1) is 17.7 Å². The van der Waals surface area contributed by atoms with Crippen LogP contribution in [-0.4, -0.2) is 26.9 Å². The second-order valence-corrected chi connectivity index (χ2v) is 6.99. The number of ether oxygens (including phenoxy) is 1. The maximum absolute atomic E-state index is 11.3. The summed E-state index contributed by atoms with van der Waals surface area (Å²) in [6.45, 7) is 4.63. The molecular weight excluding hydrogens is 366 g/mol. The zero-order valence-corrected chi connectivity index (χ0v) is 16.6. The minimum atomic E-state index is 0.164. The Morgan fingerprint density at radius 3 is 2.79 bits per heavy atom. The summed E-state index contributed by atoms with van der Waals surface area (Å²) in [5, 5.41) is 0.943. The van der Waals surface area contributed by atoms with Gasteiger partial charge in [0.1, 0.15) is 22.9 Å². The van der Waals surface area contributed by atoms with Crippen LogP contribution < -0.4 is 4.74 Å². The quantitative estimate of drug-likeness (QED) is 0.440. The lowest BCUT2D eigenvalue weighted by atomic mass is 10.2. The van der Waals surface area contributed by atoms with Crippen LogP contribution in [-0.2, 0) is 17.8 Å². The molecule has 0 amide bonds. The predicted octanol–water partition coefficient (Wildman–Crippen LogP) is 4.60. The average Bonchev–Trinajstić information content (AvgIpc) is 3.31. The Bertz CT molecular complexity index is 1130. The Kier molecular flexibility index (Phi) is 5.42. The number of hydrogen-bond donors (Lipinski definition) is 0. The first-order valence-electron chi connectivity index (χ1n) is 9.69. The lowest BCUT2D eigenvalue weighted by Crippen LogP contribution is -2.04. The third kappa shape index (κ3) is 4.21. The summed E-state index contributed by atoms with van der Waals surface area (Å²) in [6, 6.07) is 13.7. The fourth-order valence-electron chi connectivity index (χ4n) is 3.27. The van der Waals surface area contributed by atoms with E-state index in [1.807, 2.05) is 60.2 Å². The summed E-state index contributed by atoms with van der Waals surface area (Å²) < 4.78 is 13.8. The van der Waals surface area contributed by atoms with Crippen molar-refractivity contribution in [2.45, 2.75) is 33.2 Å². The SMILES string of the molecule is CC(=O)CCn1ccc2c(OCCc3nc(-c4ccccc4)oc3C)ccnc21. The van der Waals surface area contributed by atoms with Crippen LogP contribution in [0.2, 0.25) is 0 Å². The van der Waals surface area contributed by atoms with Gasteiger partial charge in [-0.2, -0.15) is 0 Å². The van der Waals surface area contributed by atoms with Crippen LogP contribution in [0.4, 0.5) is 0 Å². The molecule has 0 saturated heterocycles. The largest absolute Gasteiger partial charge is 0.492 e. The van der Waals surface area contributed by atoms with Crippen molar-refractivity contribution in [1.82, 2.24) is 14.5 Å². The Morgan fingerprint density at radius 2 is 2.00 bits per heavy atom. The summed E-state index contributed by atoms with van der Waals surface area (Å²) in [5.41, 5.74) is 2.69. The van der Waals surface area contributed by atoms with E-state index in [0.717, 1.165) is 33.8 Å². The van der Waals surface area contributed by atoms with Gasteiger partial charge in [-0.15, -0.1) is 0 Å². The molecule has 0 aliphatic rings. The third-order valence-electron chi connectivity index (χ3n) is 4.84. The van der Waals surface area contributed by atoms with Gasteiger partial charge in [-0.1, -0.05) is 18.2 Å². The minimum Gasteiger partial charge on any atom is -0.492 e. The second kappa shape index (κ2) is 8.31. The third-order valence-corrected chi connectivity index (χ3v) is 4.84. The lowest BCUT2D eigenvalue weighted by molar-refractivity contribution is -0.117. The van der Waals surface area contributed by atoms with Gasteiger partial charge >= 0.3 is 0 Å². The molecule has 3 heterocycles. The summed E-state index contributed by atoms with van der Waals surface area (Å²) in [7, 11) is 0. The number of hydrogen-bond acceptors (Lipinski definition) is 5. The van der Waals surface area contributed by atoms with E-state index in [2.05, 4.69) is 9.97 Å². The number of benzene rings is 1. The van der Waals surface area contributed by atoms with Gasteiger partial charge in [0.25, 0.3) is 0 Å². The van der Waals surface area contributed by atoms with E-state index >= 15 is 0 Å². The zero-order valence-electron chi connectivity index (χ0n) is 16.6. The van der Waals surface area contributed by atoms with E-state index in [1.54, 1.807) is 13.1 Å². The number of nitrogens with zero attached hydrogens (tertiary/aromatic N) is 3. The van der Waals surface area contributed by atoms with Crippen LogP contribution in [0.25, 0.3) is 22.5 Å². The lowest BCUT2D eigenvalue weighted by Gasteiger charge is -2.07. The van der Waals surface area contributed by atoms with Crippen molar-refractivity contribution in [1.29, 1.82) is 0 Å². The van der Waals surface area contributed by atoms with Crippen molar-refractivity contribution in [2.24, 2.45) is 0 Å². The highest BCUT2D eigenvalue weighted by Crippen LogP contribution is 2.26. The molecule has 6 heteroatoms. The summed E-state index contributed by atoms with van der Waals surface area (Å²) in [6.07, 6.45) is 4.82. The molecule has 3 aromatic heterocycles. The van der Waals surface area contributed by atoms with Crippen LogP contribution in [0.5, 0.6) is 5.75 Å². The predicted molar refractivity (Wildman–Crippen MR) is 111 cm³/mol. The Morgan fingerprint density at radius 1 is 1.17 bits per heavy atom. The van der Waals surface area contributed by atoms with Gasteiger partial charge in [-0.25, -0.2) is 9.97 Å². The smallest absolute Gasteiger partial charge is 0.226 e. The summed E-state index contributed by atoms with van der Waals surface area (Å²) >= 11 is 0. The molecule has 0 spiro atoms. The normalized spacial score (nSPS) is 11.1. The first kappa shape index (κ1) is 18.9. The molecule has 29 heavy (non-hydrogen) atoms. The van der Waals surface area contributed by atoms with Crippen LogP contribution in [0.3, 0.4) is 0 Å². The maximum Gasteiger partial charge on any atom is 0.226 e. The molecule has 4 rings (SSSR count). The zero-order chi connectivity index (χ0) is 20.2. The fourth-order valence-corrected chi connectivity index (χ4v) is 3.27. The fraction of sp³-hybridized carbons (Fsp3) is 0.261. The highest BCUT2D eigenvalue weighted by Gasteiger charge is 2.13. The number of ketones is 1. The van der Waals surface area contributed by atoms with Gasteiger partial charge in [-0.05, 0) is 38.1 Å². The minimum absolute atomic E-state index is 0.164. The molecule has 0 bridgehead atoms. The number of fused-ring (bicyclic) bond motifs is 1. The van der Waals surface area contributed by atoms with E-state index in [4.69, 9.17) is 9.15 Å². The van der Waals surface area contributed by atoms with Crippen LogP contribution in [0.1, 0.15) is 24.8 Å². The number of oxazole rings is 1.